The Morgan fingerprint density at radius 3 is 2.47 bits per heavy atom. The third-order valence-corrected chi connectivity index (χ3v) is 14.4. The number of aromatic hydroxyl groups is 2. The molecule has 1 saturated carbocycles. The van der Waals surface area contributed by atoms with Gasteiger partial charge in [-0.3, -0.25) is 0 Å². The number of aliphatic hydroxyl groups is 5. The van der Waals surface area contributed by atoms with Crippen molar-refractivity contribution in [1.29, 1.82) is 0 Å². The van der Waals surface area contributed by atoms with E-state index in [0.29, 0.717) is 54.2 Å². The van der Waals surface area contributed by atoms with Gasteiger partial charge >= 0.3 is 0 Å². The molecule has 8 N–H and O–H groups in total. The van der Waals surface area contributed by atoms with Gasteiger partial charge in [-0.05, 0) is 123 Å². The number of methoxy groups -OCH3 is 1. The maximum atomic E-state index is 11.7. The van der Waals surface area contributed by atoms with E-state index in [2.05, 4.69) is 31.0 Å². The summed E-state index contributed by atoms with van der Waals surface area (Å²) in [5.74, 6) is 8.62. The van der Waals surface area contributed by atoms with E-state index >= 15 is 0 Å². The molecular formula is C43H63NO11S2. The highest BCUT2D eigenvalue weighted by molar-refractivity contribution is 8.76. The second-order valence-electron chi connectivity index (χ2n) is 16.0. The Labute approximate surface area is 345 Å². The van der Waals surface area contributed by atoms with Gasteiger partial charge in [-0.1, -0.05) is 41.4 Å². The van der Waals surface area contributed by atoms with E-state index in [0.717, 1.165) is 56.3 Å². The van der Waals surface area contributed by atoms with Crippen molar-refractivity contribution < 1.29 is 54.7 Å². The minimum Gasteiger partial charge on any atom is -0.504 e. The number of phenolic OH excluding ortho intramolecular Hbond substituents is 2. The van der Waals surface area contributed by atoms with Crippen molar-refractivity contribution in [2.75, 3.05) is 46.1 Å². The monoisotopic (exact) mass is 833 g/mol. The SMILES string of the molecule is COc1cc(C[C@H]2[C@H](O)C[C@@H](OCO)CCc3cc(O[C@H]4CC[C@@H]5CNCCC#C[C@@H](CC(C)C)[C@H]5C4)c(O)cc3[C@H](CCO)SSC[C@@H]2O)cc(OCO)c1O. The fraction of sp³-hybridized carbons (Fsp3) is 0.674. The van der Waals surface area contributed by atoms with Gasteiger partial charge in [0.1, 0.15) is 6.79 Å². The van der Waals surface area contributed by atoms with Gasteiger partial charge in [0.25, 0.3) is 0 Å². The first-order valence-electron chi connectivity index (χ1n) is 20.4. The minimum atomic E-state index is -1.05. The number of fused-ring (bicyclic) bond motifs is 2. The van der Waals surface area contributed by atoms with Crippen LogP contribution in [0.3, 0.4) is 0 Å². The summed E-state index contributed by atoms with van der Waals surface area (Å²) in [5.41, 5.74) is 2.37. The van der Waals surface area contributed by atoms with Crippen LogP contribution in [0.15, 0.2) is 24.3 Å². The molecule has 0 radical (unpaired) electrons. The molecule has 0 spiro atoms. The van der Waals surface area contributed by atoms with Crippen molar-refractivity contribution in [1.82, 2.24) is 5.32 Å². The van der Waals surface area contributed by atoms with Gasteiger partial charge in [-0.15, -0.1) is 5.92 Å². The van der Waals surface area contributed by atoms with E-state index in [1.54, 1.807) is 18.2 Å². The van der Waals surface area contributed by atoms with Crippen molar-refractivity contribution >= 4 is 21.6 Å². The number of aliphatic hydroxyl groups excluding tert-OH is 5. The predicted octanol–water partition coefficient (Wildman–Crippen LogP) is 5.31. The summed E-state index contributed by atoms with van der Waals surface area (Å²) in [6, 6.07) is 6.81. The molecule has 2 heterocycles. The molecule has 57 heavy (non-hydrogen) atoms. The second-order valence-corrected chi connectivity index (χ2v) is 18.6. The highest BCUT2D eigenvalue weighted by atomic mass is 33.1. The molecule has 3 aliphatic rings. The number of hydrogen-bond donors (Lipinski definition) is 8. The molecule has 2 aromatic rings. The van der Waals surface area contributed by atoms with E-state index < -0.39 is 37.8 Å². The number of benzene rings is 2. The summed E-state index contributed by atoms with van der Waals surface area (Å²) in [7, 11) is 4.31. The topological polar surface area (TPSA) is 191 Å². The van der Waals surface area contributed by atoms with Crippen LogP contribution in [-0.4, -0.2) is 106 Å². The fourth-order valence-corrected chi connectivity index (χ4v) is 11.6. The Bertz CT molecular complexity index is 1620. The predicted molar refractivity (Wildman–Crippen MR) is 223 cm³/mol. The van der Waals surface area contributed by atoms with Crippen LogP contribution < -0.4 is 19.5 Å². The summed E-state index contributed by atoms with van der Waals surface area (Å²) in [6.45, 7) is 5.07. The van der Waals surface area contributed by atoms with Gasteiger partial charge in [0.15, 0.2) is 29.8 Å². The Kier molecular flexibility index (Phi) is 18.1. The van der Waals surface area contributed by atoms with E-state index in [4.69, 9.17) is 18.9 Å². The molecule has 14 heteroatoms. The zero-order valence-electron chi connectivity index (χ0n) is 33.5. The molecule has 1 fully saturated rings. The van der Waals surface area contributed by atoms with Gasteiger partial charge in [0, 0.05) is 42.4 Å². The van der Waals surface area contributed by atoms with Crippen LogP contribution in [0.1, 0.15) is 87.2 Å². The highest BCUT2D eigenvalue weighted by Gasteiger charge is 2.37. The van der Waals surface area contributed by atoms with Gasteiger partial charge in [0.2, 0.25) is 5.75 Å². The number of nitrogens with one attached hydrogen (secondary N) is 1. The molecule has 1 aliphatic carbocycles. The lowest BCUT2D eigenvalue weighted by molar-refractivity contribution is -0.0808. The molecule has 2 aromatic carbocycles. The third-order valence-electron chi connectivity index (χ3n) is 11.6. The quantitative estimate of drug-likeness (QED) is 0.0736. The minimum absolute atomic E-state index is 0.00738. The smallest absolute Gasteiger partial charge is 0.200 e. The van der Waals surface area contributed by atoms with E-state index in [-0.39, 0.29) is 59.6 Å². The number of ether oxygens (including phenoxy) is 4. The Morgan fingerprint density at radius 2 is 1.74 bits per heavy atom. The van der Waals surface area contributed by atoms with Crippen LogP contribution in [0, 0.1) is 41.4 Å². The summed E-state index contributed by atoms with van der Waals surface area (Å²) < 4.78 is 23.0. The van der Waals surface area contributed by atoms with Crippen LogP contribution in [0.2, 0.25) is 0 Å². The van der Waals surface area contributed by atoms with Gasteiger partial charge in [-0.25, -0.2) is 0 Å². The number of hydrogen-bond acceptors (Lipinski definition) is 14. The first-order chi connectivity index (χ1) is 27.5. The van der Waals surface area contributed by atoms with Crippen molar-refractivity contribution in [3.05, 3.63) is 41.0 Å². The fourth-order valence-electron chi connectivity index (χ4n) is 8.70. The van der Waals surface area contributed by atoms with Gasteiger partial charge in [0.05, 0.1) is 31.5 Å². The number of rotatable bonds is 13. The second kappa shape index (κ2) is 22.7. The molecule has 12 nitrogen and oxygen atoms in total. The lowest BCUT2D eigenvalue weighted by Gasteiger charge is -2.39. The van der Waals surface area contributed by atoms with E-state index in [9.17, 15) is 35.7 Å². The molecule has 0 saturated heterocycles. The number of aryl methyl sites for hydroxylation is 1. The van der Waals surface area contributed by atoms with Crippen LogP contribution >= 0.6 is 21.6 Å². The van der Waals surface area contributed by atoms with E-state index in [1.807, 2.05) is 6.07 Å². The van der Waals surface area contributed by atoms with Crippen molar-refractivity contribution in [3.8, 4) is 40.6 Å². The standard InChI is InChI=1S/C43H63NO11S2/c1-26(2)14-28-6-4-5-12-44-22-30-8-10-32(19-33(28)30)55-39-18-29-7-9-31(53-24-46)20-36(48)35(15-27-16-40(52-3)43(51)41(17-27)54-25-47)38(50)23-56-57-42(11-13-45)34(29)21-37(39)49/h16-18,21,26,28,30-33,35-36,38,42,44-51H,5,7-15,19-20,22-25H2,1-3H3/t28-,30+,31-,32-,33+,35-,36+,38-,42-/m0/s1. The van der Waals surface area contributed by atoms with Crippen LogP contribution in [-0.2, 0) is 17.6 Å². The summed E-state index contributed by atoms with van der Waals surface area (Å²) in [5, 5.41) is 78.1. The first kappa shape index (κ1) is 45.5. The molecular weight excluding hydrogens is 771 g/mol. The third kappa shape index (κ3) is 12.7. The Hall–Kier alpha value is -2.58. The Balaban J connectivity index is 1.40. The molecule has 0 bridgehead atoms. The molecule has 0 aromatic heterocycles. The summed E-state index contributed by atoms with van der Waals surface area (Å²) in [6.07, 6.45) is 3.53. The van der Waals surface area contributed by atoms with Gasteiger partial charge < -0.3 is 60.0 Å². The van der Waals surface area contributed by atoms with Crippen molar-refractivity contribution in [2.24, 2.45) is 29.6 Å². The largest absolute Gasteiger partial charge is 0.504 e. The highest BCUT2D eigenvalue weighted by Crippen LogP contribution is 2.47. The van der Waals surface area contributed by atoms with Crippen LogP contribution in [0.5, 0.6) is 28.7 Å². The molecule has 0 unspecified atom stereocenters. The maximum absolute atomic E-state index is 11.7. The number of phenols is 2. The summed E-state index contributed by atoms with van der Waals surface area (Å²) in [4.78, 5) is 0. The van der Waals surface area contributed by atoms with Crippen LogP contribution in [0.4, 0.5) is 0 Å². The zero-order chi connectivity index (χ0) is 40.9. The van der Waals surface area contributed by atoms with Crippen molar-refractivity contribution in [2.45, 2.75) is 108 Å². The first-order valence-corrected chi connectivity index (χ1v) is 22.8. The van der Waals surface area contributed by atoms with E-state index in [1.165, 1.54) is 28.7 Å². The average Bonchev–Trinajstić information content (AvgIpc) is 3.27. The molecule has 5 rings (SSSR count). The van der Waals surface area contributed by atoms with Gasteiger partial charge in [-0.2, -0.15) is 0 Å². The Morgan fingerprint density at radius 1 is 0.930 bits per heavy atom. The summed E-state index contributed by atoms with van der Waals surface area (Å²) >= 11 is 0. The maximum Gasteiger partial charge on any atom is 0.200 e. The normalized spacial score (nSPS) is 28.8. The lowest BCUT2D eigenvalue weighted by Crippen LogP contribution is -2.40. The molecule has 9 atom stereocenters. The average molecular weight is 834 g/mol. The van der Waals surface area contributed by atoms with Crippen LogP contribution in [0.25, 0.3) is 0 Å². The lowest BCUT2D eigenvalue weighted by atomic mass is 9.69. The molecule has 2 aliphatic heterocycles. The van der Waals surface area contributed by atoms with Crippen molar-refractivity contribution in [3.63, 3.8) is 0 Å². The molecule has 0 amide bonds. The molecule has 318 valence electrons. The zero-order valence-corrected chi connectivity index (χ0v) is 35.1.